The van der Waals surface area contributed by atoms with Gasteiger partial charge in [0.25, 0.3) is 0 Å². The summed E-state index contributed by atoms with van der Waals surface area (Å²) in [5, 5.41) is 11.8. The van der Waals surface area contributed by atoms with Crippen molar-refractivity contribution < 1.29 is 4.74 Å². The number of unbranched alkanes of at least 4 members (excludes halogenated alkanes) is 1. The molecule has 0 aliphatic carbocycles. The third-order valence-electron chi connectivity index (χ3n) is 4.06. The van der Waals surface area contributed by atoms with Crippen LogP contribution in [0, 0.1) is 11.5 Å². The molecule has 7 heteroatoms. The minimum absolute atomic E-state index is 0.00170. The van der Waals surface area contributed by atoms with Gasteiger partial charge in [-0.05, 0) is 24.6 Å². The molecule has 1 aromatic heterocycles. The third-order valence-corrected chi connectivity index (χ3v) is 5.16. The number of benzene rings is 1. The summed E-state index contributed by atoms with van der Waals surface area (Å²) >= 11 is 7.70. The molecule has 1 heterocycles. The molecule has 27 heavy (non-hydrogen) atoms. The molecule has 0 amide bonds. The van der Waals surface area contributed by atoms with E-state index in [-0.39, 0.29) is 5.41 Å². The van der Waals surface area contributed by atoms with Crippen molar-refractivity contribution in [2.75, 3.05) is 7.11 Å². The van der Waals surface area contributed by atoms with Crippen molar-refractivity contribution in [1.29, 1.82) is 5.26 Å². The van der Waals surface area contributed by atoms with Crippen LogP contribution >= 0.6 is 22.9 Å². The fraction of sp³-hybridized carbons (Fsp3) is 0.450. The van der Waals surface area contributed by atoms with Gasteiger partial charge in [0.15, 0.2) is 10.6 Å². The van der Waals surface area contributed by atoms with Gasteiger partial charge in [-0.2, -0.15) is 15.2 Å². The zero-order valence-electron chi connectivity index (χ0n) is 16.4. The lowest BCUT2D eigenvalue weighted by atomic mass is 9.93. The Balaban J connectivity index is 2.67. The number of hydrogen-bond acceptors (Lipinski definition) is 4. The van der Waals surface area contributed by atoms with Crippen LogP contribution < -0.4 is 9.54 Å². The fourth-order valence-electron chi connectivity index (χ4n) is 2.68. The van der Waals surface area contributed by atoms with Gasteiger partial charge >= 0.3 is 0 Å². The molecule has 2 aromatic rings. The van der Waals surface area contributed by atoms with E-state index in [1.54, 1.807) is 36.6 Å². The second-order valence-electron chi connectivity index (χ2n) is 7.15. The fourth-order valence-corrected chi connectivity index (χ4v) is 4.00. The molecule has 0 aliphatic rings. The first-order valence-electron chi connectivity index (χ1n) is 8.86. The van der Waals surface area contributed by atoms with E-state index in [9.17, 15) is 5.26 Å². The maximum absolute atomic E-state index is 9.18. The van der Waals surface area contributed by atoms with Crippen molar-refractivity contribution in [3.63, 3.8) is 0 Å². The largest absolute Gasteiger partial charge is 0.496 e. The van der Waals surface area contributed by atoms with Crippen LogP contribution in [0.4, 0.5) is 0 Å². The first-order chi connectivity index (χ1) is 12.8. The van der Waals surface area contributed by atoms with Crippen LogP contribution in [-0.4, -0.2) is 17.5 Å². The summed E-state index contributed by atoms with van der Waals surface area (Å²) in [6.07, 6.45) is 3.99. The Hall–Kier alpha value is -2.10. The van der Waals surface area contributed by atoms with Gasteiger partial charge < -0.3 is 9.30 Å². The summed E-state index contributed by atoms with van der Waals surface area (Å²) < 4.78 is 7.63. The van der Waals surface area contributed by atoms with Gasteiger partial charge in [0, 0.05) is 28.1 Å². The molecule has 0 fully saturated rings. The number of ether oxygens (including phenoxy) is 1. The van der Waals surface area contributed by atoms with E-state index in [0.29, 0.717) is 22.2 Å². The molecule has 2 rings (SSSR count). The second kappa shape index (κ2) is 9.20. The topological polar surface area (TPSA) is 62.7 Å². The van der Waals surface area contributed by atoms with Gasteiger partial charge in [-0.3, -0.25) is 0 Å². The smallest absolute Gasteiger partial charge is 0.207 e. The van der Waals surface area contributed by atoms with E-state index in [2.05, 4.69) is 42.6 Å². The Morgan fingerprint density at radius 2 is 2.11 bits per heavy atom. The van der Waals surface area contributed by atoms with Crippen molar-refractivity contribution in [3.8, 4) is 11.9 Å². The van der Waals surface area contributed by atoms with Crippen LogP contribution in [0.25, 0.3) is 0 Å². The Bertz CT molecular complexity index is 929. The predicted octanol–water partition coefficient (Wildman–Crippen LogP) is 5.14. The van der Waals surface area contributed by atoms with Crippen LogP contribution in [-0.2, 0) is 12.0 Å². The number of methoxy groups -OCH3 is 1. The van der Waals surface area contributed by atoms with E-state index in [4.69, 9.17) is 21.3 Å². The van der Waals surface area contributed by atoms with Gasteiger partial charge in [0.05, 0.1) is 12.7 Å². The molecule has 1 aromatic carbocycles. The number of rotatable bonds is 5. The lowest BCUT2D eigenvalue weighted by molar-refractivity contribution is 0.414. The number of aliphatic imine (C=N–C) groups is 1. The van der Waals surface area contributed by atoms with Gasteiger partial charge in [0.1, 0.15) is 5.75 Å². The minimum atomic E-state index is -0.00170. The molecule has 0 aliphatic heterocycles. The molecule has 0 radical (unpaired) electrons. The number of nitriles is 1. The molecule has 0 saturated heterocycles. The number of thiazole rings is 1. The maximum atomic E-state index is 9.18. The van der Waals surface area contributed by atoms with Crippen molar-refractivity contribution in [2.24, 2.45) is 9.98 Å². The Morgan fingerprint density at radius 3 is 2.70 bits per heavy atom. The van der Waals surface area contributed by atoms with E-state index < -0.39 is 0 Å². The summed E-state index contributed by atoms with van der Waals surface area (Å²) in [5.74, 6) is 0.870. The third kappa shape index (κ3) is 5.21. The SMILES string of the molecule is CCCCn1c(C(C)(C)C)csc1=NC(=NC#N)c1cc(Cl)ccc1OC. The quantitative estimate of drug-likeness (QED) is 0.393. The van der Waals surface area contributed by atoms with Gasteiger partial charge in [-0.25, -0.2) is 0 Å². The van der Waals surface area contributed by atoms with E-state index in [1.807, 2.05) is 6.19 Å². The van der Waals surface area contributed by atoms with Crippen LogP contribution in [0.3, 0.4) is 0 Å². The summed E-state index contributed by atoms with van der Waals surface area (Å²) in [7, 11) is 1.57. The van der Waals surface area contributed by atoms with Crippen LogP contribution in [0.2, 0.25) is 5.02 Å². The van der Waals surface area contributed by atoms with Gasteiger partial charge in [0.2, 0.25) is 6.19 Å². The molecule has 0 saturated carbocycles. The predicted molar refractivity (Wildman–Crippen MR) is 112 cm³/mol. The highest BCUT2D eigenvalue weighted by Crippen LogP contribution is 2.25. The molecule has 144 valence electrons. The number of aromatic nitrogens is 1. The molecular weight excluding hydrogens is 380 g/mol. The normalized spacial score (nSPS) is 12.9. The Morgan fingerprint density at radius 1 is 1.37 bits per heavy atom. The highest BCUT2D eigenvalue weighted by atomic mass is 35.5. The van der Waals surface area contributed by atoms with E-state index >= 15 is 0 Å². The second-order valence-corrected chi connectivity index (χ2v) is 8.42. The number of halogens is 1. The maximum Gasteiger partial charge on any atom is 0.207 e. The van der Waals surface area contributed by atoms with Gasteiger partial charge in [-0.15, -0.1) is 11.3 Å². The van der Waals surface area contributed by atoms with Crippen LogP contribution in [0.15, 0.2) is 33.6 Å². The molecule has 0 N–H and O–H groups in total. The Kier molecular flexibility index (Phi) is 7.23. The summed E-state index contributed by atoms with van der Waals surface area (Å²) in [5.41, 5.74) is 1.81. The molecule has 0 atom stereocenters. The summed E-state index contributed by atoms with van der Waals surface area (Å²) in [4.78, 5) is 9.48. The van der Waals surface area contributed by atoms with Crippen molar-refractivity contribution >= 4 is 28.8 Å². The number of hydrogen-bond donors (Lipinski definition) is 0. The highest BCUT2D eigenvalue weighted by molar-refractivity contribution is 7.07. The van der Waals surface area contributed by atoms with E-state index in [0.717, 1.165) is 24.2 Å². The molecule has 0 spiro atoms. The average Bonchev–Trinajstić information content (AvgIpc) is 3.02. The monoisotopic (exact) mass is 404 g/mol. The van der Waals surface area contributed by atoms with Crippen molar-refractivity contribution in [3.05, 3.63) is 44.7 Å². The van der Waals surface area contributed by atoms with E-state index in [1.165, 1.54) is 5.69 Å². The van der Waals surface area contributed by atoms with Crippen molar-refractivity contribution in [1.82, 2.24) is 4.57 Å². The average molecular weight is 405 g/mol. The molecule has 0 bridgehead atoms. The standard InChI is InChI=1S/C20H25ClN4OS/c1-6-7-10-25-17(20(2,3)4)12-27-19(25)24-18(23-13-22)15-11-14(21)8-9-16(15)26-5/h8-9,11-12H,6-7,10H2,1-5H3. The van der Waals surface area contributed by atoms with Crippen LogP contribution in [0.5, 0.6) is 5.75 Å². The molecule has 0 unspecified atom stereocenters. The van der Waals surface area contributed by atoms with Gasteiger partial charge in [-0.1, -0.05) is 45.7 Å². The highest BCUT2D eigenvalue weighted by Gasteiger charge is 2.20. The lowest BCUT2D eigenvalue weighted by Crippen LogP contribution is -2.25. The number of amidine groups is 1. The minimum Gasteiger partial charge on any atom is -0.496 e. The first kappa shape index (κ1) is 21.2. The molecule has 5 nitrogen and oxygen atoms in total. The zero-order chi connectivity index (χ0) is 20.0. The summed E-state index contributed by atoms with van der Waals surface area (Å²) in [6, 6.07) is 5.20. The lowest BCUT2D eigenvalue weighted by Gasteiger charge is -2.21. The Labute approximate surface area is 169 Å². The van der Waals surface area contributed by atoms with Crippen LogP contribution in [0.1, 0.15) is 51.8 Å². The molecular formula is C20H25ClN4OS. The zero-order valence-corrected chi connectivity index (χ0v) is 18.0. The first-order valence-corrected chi connectivity index (χ1v) is 10.1. The number of nitrogens with zero attached hydrogens (tertiary/aromatic N) is 4. The van der Waals surface area contributed by atoms with Crippen molar-refractivity contribution in [2.45, 2.75) is 52.5 Å². The summed E-state index contributed by atoms with van der Waals surface area (Å²) in [6.45, 7) is 9.60.